The normalized spacial score (nSPS) is 14.1. The first kappa shape index (κ1) is 13.1. The van der Waals surface area contributed by atoms with Gasteiger partial charge in [-0.25, -0.2) is 0 Å². The molecule has 0 atom stereocenters. The highest BCUT2D eigenvalue weighted by molar-refractivity contribution is 6.01. The molecule has 1 aliphatic heterocycles. The topological polar surface area (TPSA) is 58.4 Å². The molecular formula is C14H21N3O. The van der Waals surface area contributed by atoms with Gasteiger partial charge in [0.1, 0.15) is 0 Å². The summed E-state index contributed by atoms with van der Waals surface area (Å²) < 4.78 is 0. The molecule has 4 nitrogen and oxygen atoms in total. The van der Waals surface area contributed by atoms with Crippen molar-refractivity contribution in [2.45, 2.75) is 19.3 Å². The molecule has 98 valence electrons. The molecule has 4 heteroatoms. The second kappa shape index (κ2) is 5.98. The van der Waals surface area contributed by atoms with Crippen LogP contribution in [-0.2, 0) is 17.6 Å². The maximum absolute atomic E-state index is 12.0. The summed E-state index contributed by atoms with van der Waals surface area (Å²) in [5, 5.41) is 3.10. The lowest BCUT2D eigenvalue weighted by Gasteiger charge is -2.17. The molecule has 1 aromatic carbocycles. The minimum absolute atomic E-state index is 0.214. The Balaban J connectivity index is 2.11. The monoisotopic (exact) mass is 247 g/mol. The van der Waals surface area contributed by atoms with E-state index in [1.165, 1.54) is 5.56 Å². The summed E-state index contributed by atoms with van der Waals surface area (Å²) in [7, 11) is 1.93. The Labute approximate surface area is 108 Å². The Bertz CT molecular complexity index is 431. The van der Waals surface area contributed by atoms with E-state index in [-0.39, 0.29) is 5.91 Å². The van der Waals surface area contributed by atoms with E-state index in [0.717, 1.165) is 37.2 Å². The van der Waals surface area contributed by atoms with Gasteiger partial charge in [0.05, 0.1) is 6.42 Å². The van der Waals surface area contributed by atoms with E-state index in [1.807, 2.05) is 11.9 Å². The van der Waals surface area contributed by atoms with Crippen LogP contribution in [0.5, 0.6) is 0 Å². The number of nitrogens with zero attached hydrogens (tertiary/aromatic N) is 1. The van der Waals surface area contributed by atoms with Crippen molar-refractivity contribution in [3.05, 3.63) is 29.3 Å². The number of anilines is 1. The summed E-state index contributed by atoms with van der Waals surface area (Å²) in [6.45, 7) is 2.38. The number of nitrogens with one attached hydrogen (secondary N) is 1. The molecule has 0 aromatic heterocycles. The number of amides is 1. The number of hydrogen-bond donors (Lipinski definition) is 2. The zero-order valence-corrected chi connectivity index (χ0v) is 10.9. The minimum atomic E-state index is 0.214. The predicted molar refractivity (Wildman–Crippen MR) is 73.8 cm³/mol. The van der Waals surface area contributed by atoms with Gasteiger partial charge in [0.25, 0.3) is 0 Å². The van der Waals surface area contributed by atoms with E-state index in [9.17, 15) is 4.79 Å². The summed E-state index contributed by atoms with van der Waals surface area (Å²) in [6.07, 6.45) is 2.39. The molecule has 0 saturated heterocycles. The number of rotatable bonds is 6. The second-order valence-electron chi connectivity index (χ2n) is 4.68. The van der Waals surface area contributed by atoms with Crippen molar-refractivity contribution >= 4 is 11.6 Å². The molecule has 2 rings (SSSR count). The summed E-state index contributed by atoms with van der Waals surface area (Å²) in [5.74, 6) is 0.214. The average Bonchev–Trinajstić information content (AvgIpc) is 2.66. The molecule has 0 aliphatic carbocycles. The number of carbonyl (C=O) groups is 1. The Morgan fingerprint density at radius 2 is 2.28 bits per heavy atom. The first-order chi connectivity index (χ1) is 8.76. The van der Waals surface area contributed by atoms with Crippen LogP contribution in [0.1, 0.15) is 17.5 Å². The Morgan fingerprint density at radius 3 is 3.00 bits per heavy atom. The SMILES string of the molecule is CNCCCN1C(=O)Cc2cc(CCN)ccc21. The lowest BCUT2D eigenvalue weighted by molar-refractivity contribution is -0.117. The molecule has 0 saturated carbocycles. The highest BCUT2D eigenvalue weighted by atomic mass is 16.2. The van der Waals surface area contributed by atoms with Gasteiger partial charge in [-0.3, -0.25) is 4.79 Å². The largest absolute Gasteiger partial charge is 0.330 e. The first-order valence-electron chi connectivity index (χ1n) is 6.53. The average molecular weight is 247 g/mol. The Hall–Kier alpha value is -1.39. The van der Waals surface area contributed by atoms with Crippen LogP contribution in [0.2, 0.25) is 0 Å². The summed E-state index contributed by atoms with van der Waals surface area (Å²) in [4.78, 5) is 13.9. The fraction of sp³-hybridized carbons (Fsp3) is 0.500. The molecular weight excluding hydrogens is 226 g/mol. The van der Waals surface area contributed by atoms with Crippen LogP contribution < -0.4 is 16.0 Å². The van der Waals surface area contributed by atoms with Gasteiger partial charge < -0.3 is 16.0 Å². The van der Waals surface area contributed by atoms with Gasteiger partial charge in [0.2, 0.25) is 5.91 Å². The molecule has 1 heterocycles. The quantitative estimate of drug-likeness (QED) is 0.727. The summed E-state index contributed by atoms with van der Waals surface area (Å²) in [5.41, 5.74) is 9.01. The van der Waals surface area contributed by atoms with Crippen LogP contribution in [0.3, 0.4) is 0 Å². The zero-order valence-electron chi connectivity index (χ0n) is 10.9. The fourth-order valence-electron chi connectivity index (χ4n) is 2.42. The third-order valence-corrected chi connectivity index (χ3v) is 3.32. The summed E-state index contributed by atoms with van der Waals surface area (Å²) in [6, 6.07) is 6.26. The molecule has 0 bridgehead atoms. The maximum atomic E-state index is 12.0. The van der Waals surface area contributed by atoms with Crippen LogP contribution in [0.25, 0.3) is 0 Å². The molecule has 0 unspecified atom stereocenters. The third kappa shape index (κ3) is 2.71. The van der Waals surface area contributed by atoms with Gasteiger partial charge in [0.15, 0.2) is 0 Å². The number of carbonyl (C=O) groups excluding carboxylic acids is 1. The van der Waals surface area contributed by atoms with Crippen LogP contribution in [0, 0.1) is 0 Å². The van der Waals surface area contributed by atoms with Crippen LogP contribution >= 0.6 is 0 Å². The highest BCUT2D eigenvalue weighted by Gasteiger charge is 2.26. The van der Waals surface area contributed by atoms with Gasteiger partial charge in [-0.2, -0.15) is 0 Å². The molecule has 0 radical (unpaired) electrons. The van der Waals surface area contributed by atoms with Crippen LogP contribution in [0.15, 0.2) is 18.2 Å². The predicted octanol–water partition coefficient (Wildman–Crippen LogP) is 0.686. The summed E-state index contributed by atoms with van der Waals surface area (Å²) >= 11 is 0. The highest BCUT2D eigenvalue weighted by Crippen LogP contribution is 2.29. The van der Waals surface area contributed by atoms with Crippen molar-refractivity contribution in [1.82, 2.24) is 5.32 Å². The lowest BCUT2D eigenvalue weighted by Crippen LogP contribution is -2.29. The zero-order chi connectivity index (χ0) is 13.0. The van der Waals surface area contributed by atoms with Gasteiger partial charge in [-0.1, -0.05) is 12.1 Å². The van der Waals surface area contributed by atoms with Crippen molar-refractivity contribution in [3.8, 4) is 0 Å². The van der Waals surface area contributed by atoms with Gasteiger partial charge >= 0.3 is 0 Å². The number of fused-ring (bicyclic) bond motifs is 1. The Morgan fingerprint density at radius 1 is 1.44 bits per heavy atom. The molecule has 0 spiro atoms. The molecule has 1 amide bonds. The van der Waals surface area contributed by atoms with E-state index in [1.54, 1.807) is 0 Å². The molecule has 0 fully saturated rings. The number of nitrogens with two attached hydrogens (primary N) is 1. The van der Waals surface area contributed by atoms with E-state index >= 15 is 0 Å². The number of benzene rings is 1. The molecule has 1 aromatic rings. The van der Waals surface area contributed by atoms with Crippen LogP contribution in [-0.4, -0.2) is 32.6 Å². The van der Waals surface area contributed by atoms with Crippen molar-refractivity contribution in [2.24, 2.45) is 5.73 Å². The number of hydrogen-bond acceptors (Lipinski definition) is 3. The van der Waals surface area contributed by atoms with Crippen molar-refractivity contribution < 1.29 is 4.79 Å². The minimum Gasteiger partial charge on any atom is -0.330 e. The maximum Gasteiger partial charge on any atom is 0.231 e. The van der Waals surface area contributed by atoms with Gasteiger partial charge in [-0.05, 0) is 50.2 Å². The third-order valence-electron chi connectivity index (χ3n) is 3.32. The van der Waals surface area contributed by atoms with Crippen molar-refractivity contribution in [3.63, 3.8) is 0 Å². The molecule has 18 heavy (non-hydrogen) atoms. The Kier molecular flexibility index (Phi) is 4.33. The standard InChI is InChI=1S/C14H21N3O/c1-16-7-2-8-17-13-4-3-11(5-6-15)9-12(13)10-14(17)18/h3-4,9,16H,2,5-8,10,15H2,1H3. The van der Waals surface area contributed by atoms with E-state index in [4.69, 9.17) is 5.73 Å². The van der Waals surface area contributed by atoms with E-state index in [0.29, 0.717) is 13.0 Å². The lowest BCUT2D eigenvalue weighted by atomic mass is 10.1. The molecule has 3 N–H and O–H groups in total. The first-order valence-corrected chi connectivity index (χ1v) is 6.53. The van der Waals surface area contributed by atoms with E-state index in [2.05, 4.69) is 23.5 Å². The van der Waals surface area contributed by atoms with E-state index < -0.39 is 0 Å². The van der Waals surface area contributed by atoms with Crippen molar-refractivity contribution in [2.75, 3.05) is 31.6 Å². The molecule has 1 aliphatic rings. The van der Waals surface area contributed by atoms with Crippen LogP contribution in [0.4, 0.5) is 5.69 Å². The smallest absolute Gasteiger partial charge is 0.231 e. The second-order valence-corrected chi connectivity index (χ2v) is 4.68. The fourth-order valence-corrected chi connectivity index (χ4v) is 2.42. The van der Waals surface area contributed by atoms with Crippen molar-refractivity contribution in [1.29, 1.82) is 0 Å². The van der Waals surface area contributed by atoms with Gasteiger partial charge in [-0.15, -0.1) is 0 Å². The van der Waals surface area contributed by atoms with Gasteiger partial charge in [0, 0.05) is 12.2 Å².